The molecule has 1 aliphatic rings. The first-order chi connectivity index (χ1) is 15.3. The van der Waals surface area contributed by atoms with Crippen LogP contribution in [0.15, 0.2) is 42.6 Å². The monoisotopic (exact) mass is 443 g/mol. The molecular weight excluding hydrogens is 426 g/mol. The van der Waals surface area contributed by atoms with E-state index in [1.807, 2.05) is 0 Å². The summed E-state index contributed by atoms with van der Waals surface area (Å²) in [4.78, 5) is 16.1. The number of nitriles is 1. The summed E-state index contributed by atoms with van der Waals surface area (Å²) in [6.07, 6.45) is -1.28. The minimum atomic E-state index is -4.57. The minimum absolute atomic E-state index is 0.141. The molecule has 1 aliphatic heterocycles. The standard InChI is InChI=1S/C22H17F4N5O/c23-16-5-4-14(9-15(16)12-27)21(32)29-17-3-1-2-8-31-19(17)11-18(30-31)13-6-7-28-20(10-13)22(24,25)26/h4-7,9-11,17H,1-3,8H2,(H,29,32)/t17-/m0/s1. The van der Waals surface area contributed by atoms with E-state index >= 15 is 0 Å². The number of alkyl halides is 3. The summed E-state index contributed by atoms with van der Waals surface area (Å²) in [6.45, 7) is 0.564. The van der Waals surface area contributed by atoms with E-state index in [0.29, 0.717) is 24.4 Å². The Labute approximate surface area is 180 Å². The minimum Gasteiger partial charge on any atom is -0.344 e. The quantitative estimate of drug-likeness (QED) is 0.599. The van der Waals surface area contributed by atoms with Crippen molar-refractivity contribution in [1.82, 2.24) is 20.1 Å². The molecule has 0 bridgehead atoms. The van der Waals surface area contributed by atoms with Crippen LogP contribution in [-0.2, 0) is 12.7 Å². The number of amides is 1. The first-order valence-electron chi connectivity index (χ1n) is 9.88. The van der Waals surface area contributed by atoms with Gasteiger partial charge in [0.25, 0.3) is 5.91 Å². The summed E-state index contributed by atoms with van der Waals surface area (Å²) >= 11 is 0. The number of nitrogens with zero attached hydrogens (tertiary/aromatic N) is 4. The van der Waals surface area contributed by atoms with Crippen LogP contribution in [0.3, 0.4) is 0 Å². The third-order valence-electron chi connectivity index (χ3n) is 5.28. The van der Waals surface area contributed by atoms with Crippen LogP contribution in [0.5, 0.6) is 0 Å². The lowest BCUT2D eigenvalue weighted by molar-refractivity contribution is -0.141. The molecule has 1 N–H and O–H groups in total. The van der Waals surface area contributed by atoms with Gasteiger partial charge in [0, 0.05) is 23.9 Å². The Morgan fingerprint density at radius 3 is 2.75 bits per heavy atom. The van der Waals surface area contributed by atoms with Gasteiger partial charge in [-0.15, -0.1) is 0 Å². The van der Waals surface area contributed by atoms with Gasteiger partial charge in [0.1, 0.15) is 17.6 Å². The molecule has 3 heterocycles. The number of hydrogen-bond acceptors (Lipinski definition) is 4. The van der Waals surface area contributed by atoms with Crippen molar-refractivity contribution in [1.29, 1.82) is 5.26 Å². The summed E-state index contributed by atoms with van der Waals surface area (Å²) in [5.41, 5.74) is 0.190. The van der Waals surface area contributed by atoms with E-state index in [2.05, 4.69) is 15.4 Å². The molecule has 6 nitrogen and oxygen atoms in total. The molecule has 32 heavy (non-hydrogen) atoms. The van der Waals surface area contributed by atoms with Gasteiger partial charge in [0.15, 0.2) is 0 Å². The maximum absolute atomic E-state index is 13.6. The average Bonchev–Trinajstić information content (AvgIpc) is 3.11. The van der Waals surface area contributed by atoms with Gasteiger partial charge in [-0.05, 0) is 55.7 Å². The number of nitrogens with one attached hydrogen (secondary N) is 1. The average molecular weight is 443 g/mol. The maximum Gasteiger partial charge on any atom is 0.433 e. The molecule has 10 heteroatoms. The molecule has 0 unspecified atom stereocenters. The summed E-state index contributed by atoms with van der Waals surface area (Å²) < 4.78 is 54.3. The summed E-state index contributed by atoms with van der Waals surface area (Å²) in [6, 6.07) is 8.85. The largest absolute Gasteiger partial charge is 0.433 e. The van der Waals surface area contributed by atoms with E-state index in [0.717, 1.165) is 31.2 Å². The smallest absolute Gasteiger partial charge is 0.344 e. The van der Waals surface area contributed by atoms with Crippen LogP contribution in [0.25, 0.3) is 11.3 Å². The highest BCUT2D eigenvalue weighted by Crippen LogP contribution is 2.32. The van der Waals surface area contributed by atoms with E-state index < -0.39 is 29.6 Å². The van der Waals surface area contributed by atoms with Crippen molar-refractivity contribution in [2.24, 2.45) is 0 Å². The second kappa shape index (κ2) is 8.42. The van der Waals surface area contributed by atoms with Gasteiger partial charge < -0.3 is 5.32 Å². The van der Waals surface area contributed by atoms with Crippen molar-refractivity contribution in [3.8, 4) is 17.3 Å². The highest BCUT2D eigenvalue weighted by molar-refractivity contribution is 5.94. The Kier molecular flexibility index (Phi) is 5.65. The molecule has 0 aliphatic carbocycles. The van der Waals surface area contributed by atoms with Gasteiger partial charge in [-0.3, -0.25) is 14.5 Å². The summed E-state index contributed by atoms with van der Waals surface area (Å²) in [5, 5.41) is 16.3. The van der Waals surface area contributed by atoms with Crippen LogP contribution in [0.4, 0.5) is 17.6 Å². The Hall–Kier alpha value is -3.74. The van der Waals surface area contributed by atoms with Crippen molar-refractivity contribution >= 4 is 5.91 Å². The van der Waals surface area contributed by atoms with E-state index in [9.17, 15) is 22.4 Å². The zero-order chi connectivity index (χ0) is 22.9. The van der Waals surface area contributed by atoms with Crippen molar-refractivity contribution < 1.29 is 22.4 Å². The number of halogens is 4. The van der Waals surface area contributed by atoms with E-state index in [1.165, 1.54) is 18.2 Å². The molecule has 0 saturated carbocycles. The number of pyridine rings is 1. The molecule has 1 amide bonds. The van der Waals surface area contributed by atoms with Crippen molar-refractivity contribution in [3.63, 3.8) is 0 Å². The lowest BCUT2D eigenvalue weighted by Gasteiger charge is -2.17. The molecule has 0 saturated heterocycles. The molecule has 164 valence electrons. The Bertz CT molecular complexity index is 1210. The summed E-state index contributed by atoms with van der Waals surface area (Å²) in [7, 11) is 0. The molecule has 0 spiro atoms. The number of carbonyl (C=O) groups excluding carboxylic acids is 1. The van der Waals surface area contributed by atoms with Crippen LogP contribution in [0.2, 0.25) is 0 Å². The first kappa shape index (κ1) is 21.5. The molecular formula is C22H17F4N5O. The molecule has 2 aromatic heterocycles. The highest BCUT2D eigenvalue weighted by Gasteiger charge is 2.33. The number of fused-ring (bicyclic) bond motifs is 1. The second-order valence-electron chi connectivity index (χ2n) is 7.43. The van der Waals surface area contributed by atoms with Crippen molar-refractivity contribution in [2.75, 3.05) is 0 Å². The summed E-state index contributed by atoms with van der Waals surface area (Å²) in [5.74, 6) is -1.19. The second-order valence-corrected chi connectivity index (χ2v) is 7.43. The predicted octanol–water partition coefficient (Wildman–Crippen LogP) is 4.63. The number of rotatable bonds is 3. The highest BCUT2D eigenvalue weighted by atomic mass is 19.4. The molecule has 4 rings (SSSR count). The van der Waals surface area contributed by atoms with Gasteiger partial charge in [-0.25, -0.2) is 4.39 Å². The van der Waals surface area contributed by atoms with E-state index in [4.69, 9.17) is 5.26 Å². The van der Waals surface area contributed by atoms with Gasteiger partial charge >= 0.3 is 6.18 Å². The van der Waals surface area contributed by atoms with Crippen molar-refractivity contribution in [2.45, 2.75) is 38.0 Å². The third-order valence-corrected chi connectivity index (χ3v) is 5.28. The van der Waals surface area contributed by atoms with Gasteiger partial charge in [-0.2, -0.15) is 23.5 Å². The zero-order valence-electron chi connectivity index (χ0n) is 16.7. The van der Waals surface area contributed by atoms with E-state index in [1.54, 1.807) is 16.8 Å². The van der Waals surface area contributed by atoms with Crippen LogP contribution >= 0.6 is 0 Å². The van der Waals surface area contributed by atoms with E-state index in [-0.39, 0.29) is 16.7 Å². The van der Waals surface area contributed by atoms with Gasteiger partial charge in [-0.1, -0.05) is 0 Å². The maximum atomic E-state index is 13.6. The first-order valence-corrected chi connectivity index (χ1v) is 9.88. The number of aromatic nitrogens is 3. The number of aryl methyl sites for hydroxylation is 1. The normalized spacial score (nSPS) is 16.0. The molecule has 3 aromatic rings. The predicted molar refractivity (Wildman–Crippen MR) is 106 cm³/mol. The topological polar surface area (TPSA) is 83.6 Å². The Morgan fingerprint density at radius 1 is 1.19 bits per heavy atom. The van der Waals surface area contributed by atoms with Crippen LogP contribution in [0.1, 0.15) is 52.6 Å². The number of hydrogen-bond donors (Lipinski definition) is 1. The molecule has 1 atom stereocenters. The lowest BCUT2D eigenvalue weighted by Crippen LogP contribution is -2.29. The lowest BCUT2D eigenvalue weighted by atomic mass is 10.0. The number of benzene rings is 1. The Balaban J connectivity index is 1.63. The number of carbonyl (C=O) groups is 1. The SMILES string of the molecule is N#Cc1cc(C(=O)N[C@H]2CCCCn3nc(-c4ccnc(C(F)(F)F)c4)cc32)ccc1F. The van der Waals surface area contributed by atoms with Gasteiger partial charge in [0.2, 0.25) is 0 Å². The molecule has 0 radical (unpaired) electrons. The zero-order valence-corrected chi connectivity index (χ0v) is 16.7. The third kappa shape index (κ3) is 4.32. The van der Waals surface area contributed by atoms with Crippen LogP contribution in [-0.4, -0.2) is 20.7 Å². The molecule has 0 fully saturated rings. The molecule has 1 aromatic carbocycles. The fourth-order valence-corrected chi connectivity index (χ4v) is 3.67. The Morgan fingerprint density at radius 2 is 2.00 bits per heavy atom. The van der Waals surface area contributed by atoms with Crippen LogP contribution < -0.4 is 5.32 Å². The van der Waals surface area contributed by atoms with Crippen molar-refractivity contribution in [3.05, 3.63) is 70.9 Å². The fraction of sp³-hybridized carbons (Fsp3) is 0.273. The van der Waals surface area contributed by atoms with Gasteiger partial charge in [0.05, 0.1) is 23.0 Å². The fourth-order valence-electron chi connectivity index (χ4n) is 3.67. The van der Waals surface area contributed by atoms with Crippen LogP contribution in [0, 0.1) is 17.1 Å².